The van der Waals surface area contributed by atoms with Gasteiger partial charge >= 0.3 is 6.18 Å². The molecule has 0 radical (unpaired) electrons. The summed E-state index contributed by atoms with van der Waals surface area (Å²) in [5.41, 5.74) is -1.87. The number of nitro benzene ring substituents is 2. The molecule has 170 valence electrons. The van der Waals surface area contributed by atoms with Gasteiger partial charge in [0.05, 0.1) is 15.4 Å². The highest BCUT2D eigenvalue weighted by Crippen LogP contribution is 2.38. The zero-order valence-corrected chi connectivity index (χ0v) is 17.0. The lowest BCUT2D eigenvalue weighted by Crippen LogP contribution is -2.38. The standard InChI is InChI=1S/C19H16ClF3N4O5/c20-14-3-2-13(10-16(14)26(29)30)24-18(28)11-5-7-25(8-6-11)15-4-1-12(19(21,22)23)9-17(15)27(31)32/h1-4,9-11H,5-8H2,(H,24,28). The van der Waals surface area contributed by atoms with Crippen LogP contribution in [0.3, 0.4) is 0 Å². The van der Waals surface area contributed by atoms with Crippen LogP contribution < -0.4 is 10.2 Å². The van der Waals surface area contributed by atoms with E-state index in [1.54, 1.807) is 4.90 Å². The van der Waals surface area contributed by atoms with E-state index in [4.69, 9.17) is 11.6 Å². The summed E-state index contributed by atoms with van der Waals surface area (Å²) in [5, 5.41) is 24.8. The fourth-order valence-electron chi connectivity index (χ4n) is 3.47. The molecule has 3 rings (SSSR count). The third-order valence-corrected chi connectivity index (χ3v) is 5.44. The fourth-order valence-corrected chi connectivity index (χ4v) is 3.66. The highest BCUT2D eigenvalue weighted by Gasteiger charge is 2.35. The Balaban J connectivity index is 1.69. The van der Waals surface area contributed by atoms with Gasteiger partial charge in [-0.1, -0.05) is 11.6 Å². The number of nitro groups is 2. The smallest absolute Gasteiger partial charge is 0.366 e. The molecule has 1 aliphatic rings. The number of carbonyl (C=O) groups excluding carboxylic acids is 1. The lowest BCUT2D eigenvalue weighted by Gasteiger charge is -2.32. The predicted octanol–water partition coefficient (Wildman–Crippen LogP) is 5.03. The summed E-state index contributed by atoms with van der Waals surface area (Å²) in [6.07, 6.45) is -4.12. The summed E-state index contributed by atoms with van der Waals surface area (Å²) in [7, 11) is 0. The number of hydrogen-bond donors (Lipinski definition) is 1. The van der Waals surface area contributed by atoms with Gasteiger partial charge in [0, 0.05) is 36.8 Å². The fraction of sp³-hybridized carbons (Fsp3) is 0.316. The van der Waals surface area contributed by atoms with Crippen LogP contribution in [0.5, 0.6) is 0 Å². The minimum Gasteiger partial charge on any atom is -0.366 e. The number of carbonyl (C=O) groups is 1. The van der Waals surface area contributed by atoms with Gasteiger partial charge in [-0.15, -0.1) is 0 Å². The van der Waals surface area contributed by atoms with Gasteiger partial charge in [-0.25, -0.2) is 0 Å². The molecule has 0 saturated carbocycles. The van der Waals surface area contributed by atoms with Crippen LogP contribution in [-0.4, -0.2) is 28.8 Å². The number of hydrogen-bond acceptors (Lipinski definition) is 6. The molecule has 32 heavy (non-hydrogen) atoms. The molecule has 1 fully saturated rings. The molecule has 1 aliphatic heterocycles. The lowest BCUT2D eigenvalue weighted by atomic mass is 9.95. The number of alkyl halides is 3. The first kappa shape index (κ1) is 23.3. The minimum atomic E-state index is -4.70. The van der Waals surface area contributed by atoms with E-state index < -0.39 is 33.2 Å². The second-order valence-corrected chi connectivity index (χ2v) is 7.54. The third kappa shape index (κ3) is 5.07. The van der Waals surface area contributed by atoms with Crippen molar-refractivity contribution < 1.29 is 27.8 Å². The van der Waals surface area contributed by atoms with Gasteiger partial charge in [-0.05, 0) is 37.1 Å². The molecule has 1 saturated heterocycles. The quantitative estimate of drug-likeness (QED) is 0.481. The van der Waals surface area contributed by atoms with Crippen LogP contribution in [-0.2, 0) is 11.0 Å². The highest BCUT2D eigenvalue weighted by molar-refractivity contribution is 6.32. The second-order valence-electron chi connectivity index (χ2n) is 7.13. The molecule has 1 amide bonds. The summed E-state index contributed by atoms with van der Waals surface area (Å²) in [6, 6.07) is 6.21. The predicted molar refractivity (Wildman–Crippen MR) is 110 cm³/mol. The van der Waals surface area contributed by atoms with E-state index in [-0.39, 0.29) is 41.1 Å². The lowest BCUT2D eigenvalue weighted by molar-refractivity contribution is -0.384. The van der Waals surface area contributed by atoms with E-state index in [0.717, 1.165) is 18.2 Å². The Morgan fingerprint density at radius 1 is 1.03 bits per heavy atom. The van der Waals surface area contributed by atoms with Crippen LogP contribution in [0.1, 0.15) is 18.4 Å². The summed E-state index contributed by atoms with van der Waals surface area (Å²) < 4.78 is 38.7. The molecule has 0 bridgehead atoms. The number of nitrogens with zero attached hydrogens (tertiary/aromatic N) is 3. The molecule has 0 aliphatic carbocycles. The van der Waals surface area contributed by atoms with E-state index in [0.29, 0.717) is 18.9 Å². The second kappa shape index (κ2) is 8.99. The molecule has 13 heteroatoms. The number of rotatable bonds is 5. The molecular formula is C19H16ClF3N4O5. The molecule has 1 heterocycles. The van der Waals surface area contributed by atoms with Crippen LogP contribution in [0.15, 0.2) is 36.4 Å². The van der Waals surface area contributed by atoms with Crippen LogP contribution >= 0.6 is 11.6 Å². The first-order valence-electron chi connectivity index (χ1n) is 9.32. The van der Waals surface area contributed by atoms with E-state index in [1.807, 2.05) is 0 Å². The van der Waals surface area contributed by atoms with Crippen LogP contribution in [0, 0.1) is 26.1 Å². The number of nitrogens with one attached hydrogen (secondary N) is 1. The van der Waals surface area contributed by atoms with Crippen molar-refractivity contribution in [3.05, 3.63) is 67.2 Å². The molecule has 0 aromatic heterocycles. The van der Waals surface area contributed by atoms with Crippen LogP contribution in [0.25, 0.3) is 0 Å². The van der Waals surface area contributed by atoms with Crippen molar-refractivity contribution in [2.75, 3.05) is 23.3 Å². The van der Waals surface area contributed by atoms with Gasteiger partial charge < -0.3 is 10.2 Å². The van der Waals surface area contributed by atoms with Gasteiger partial charge in [-0.2, -0.15) is 13.2 Å². The maximum absolute atomic E-state index is 12.9. The molecule has 2 aromatic carbocycles. The van der Waals surface area contributed by atoms with E-state index in [1.165, 1.54) is 12.1 Å². The first-order valence-corrected chi connectivity index (χ1v) is 9.70. The number of benzene rings is 2. The van der Waals surface area contributed by atoms with E-state index >= 15 is 0 Å². The van der Waals surface area contributed by atoms with Crippen molar-refractivity contribution in [1.82, 2.24) is 0 Å². The summed E-state index contributed by atoms with van der Waals surface area (Å²) >= 11 is 5.75. The zero-order valence-electron chi connectivity index (χ0n) is 16.3. The average molecular weight is 473 g/mol. The Morgan fingerprint density at radius 2 is 1.66 bits per heavy atom. The van der Waals surface area contributed by atoms with Crippen LogP contribution in [0.2, 0.25) is 5.02 Å². The molecule has 0 unspecified atom stereocenters. The maximum atomic E-state index is 12.9. The van der Waals surface area contributed by atoms with Crippen molar-refractivity contribution in [3.8, 4) is 0 Å². The molecule has 9 nitrogen and oxygen atoms in total. The summed E-state index contributed by atoms with van der Waals surface area (Å²) in [6.45, 7) is 0.427. The first-order chi connectivity index (χ1) is 15.0. The average Bonchev–Trinajstić information content (AvgIpc) is 2.73. The molecule has 0 spiro atoms. The van der Waals surface area contributed by atoms with Crippen molar-refractivity contribution in [3.63, 3.8) is 0 Å². The van der Waals surface area contributed by atoms with Gasteiger partial charge in [-0.3, -0.25) is 25.0 Å². The van der Waals surface area contributed by atoms with E-state index in [2.05, 4.69) is 5.32 Å². The number of anilines is 2. The maximum Gasteiger partial charge on any atom is 0.416 e. The van der Waals surface area contributed by atoms with Gasteiger partial charge in [0.25, 0.3) is 11.4 Å². The Morgan fingerprint density at radius 3 is 2.22 bits per heavy atom. The highest BCUT2D eigenvalue weighted by atomic mass is 35.5. The van der Waals surface area contributed by atoms with Crippen molar-refractivity contribution in [2.45, 2.75) is 19.0 Å². The number of halogens is 4. The van der Waals surface area contributed by atoms with Crippen molar-refractivity contribution in [2.24, 2.45) is 5.92 Å². The Bertz CT molecular complexity index is 1070. The Labute approximate surface area is 184 Å². The molecule has 1 N–H and O–H groups in total. The topological polar surface area (TPSA) is 119 Å². The summed E-state index contributed by atoms with van der Waals surface area (Å²) in [4.78, 5) is 34.9. The Kier molecular flexibility index (Phi) is 6.53. The minimum absolute atomic E-state index is 0.0511. The SMILES string of the molecule is O=C(Nc1ccc(Cl)c([N+](=O)[O-])c1)C1CCN(c2ccc(C(F)(F)F)cc2[N+](=O)[O-])CC1. The van der Waals surface area contributed by atoms with Crippen molar-refractivity contribution in [1.29, 1.82) is 0 Å². The molecule has 2 aromatic rings. The summed E-state index contributed by atoms with van der Waals surface area (Å²) in [5.74, 6) is -0.863. The molecule has 0 atom stereocenters. The monoisotopic (exact) mass is 472 g/mol. The van der Waals surface area contributed by atoms with Gasteiger partial charge in [0.1, 0.15) is 10.7 Å². The van der Waals surface area contributed by atoms with Crippen LogP contribution in [0.4, 0.5) is 35.9 Å². The Hall–Kier alpha value is -3.41. The normalized spacial score (nSPS) is 14.8. The van der Waals surface area contributed by atoms with Gasteiger partial charge in [0.2, 0.25) is 5.91 Å². The largest absolute Gasteiger partial charge is 0.416 e. The van der Waals surface area contributed by atoms with Gasteiger partial charge in [0.15, 0.2) is 0 Å². The third-order valence-electron chi connectivity index (χ3n) is 5.12. The van der Waals surface area contributed by atoms with E-state index in [9.17, 15) is 38.2 Å². The zero-order chi connectivity index (χ0) is 23.6. The van der Waals surface area contributed by atoms with Crippen molar-refractivity contribution >= 4 is 40.3 Å². The number of piperidine rings is 1. The molecular weight excluding hydrogens is 457 g/mol. The number of amides is 1.